The van der Waals surface area contributed by atoms with Gasteiger partial charge in [0.15, 0.2) is 0 Å². The summed E-state index contributed by atoms with van der Waals surface area (Å²) in [7, 11) is 0. The van der Waals surface area contributed by atoms with Crippen molar-refractivity contribution in [1.82, 2.24) is 4.98 Å². The van der Waals surface area contributed by atoms with E-state index in [-0.39, 0.29) is 6.61 Å². The molecule has 2 rings (SSSR count). The highest BCUT2D eigenvalue weighted by atomic mass is 32.1. The maximum absolute atomic E-state index is 9.08. The molecule has 0 radical (unpaired) electrons. The van der Waals surface area contributed by atoms with E-state index in [1.807, 2.05) is 19.1 Å². The van der Waals surface area contributed by atoms with Crippen molar-refractivity contribution in [2.75, 3.05) is 5.32 Å². The topological polar surface area (TPSA) is 45.1 Å². The molecule has 0 aliphatic carbocycles. The highest BCUT2D eigenvalue weighted by Gasteiger charge is 1.99. The van der Waals surface area contributed by atoms with E-state index in [1.54, 1.807) is 11.3 Å². The number of thiophene rings is 1. The van der Waals surface area contributed by atoms with Crippen LogP contribution in [-0.2, 0) is 13.2 Å². The zero-order valence-electron chi connectivity index (χ0n) is 9.10. The number of pyridine rings is 1. The van der Waals surface area contributed by atoms with Crippen LogP contribution in [0.25, 0.3) is 0 Å². The van der Waals surface area contributed by atoms with Gasteiger partial charge in [-0.05, 0) is 47.0 Å². The third kappa shape index (κ3) is 2.81. The lowest BCUT2D eigenvalue weighted by Crippen LogP contribution is -2.02. The molecule has 0 aromatic carbocycles. The molecule has 0 amide bonds. The van der Waals surface area contributed by atoms with E-state index in [0.717, 1.165) is 23.6 Å². The van der Waals surface area contributed by atoms with Gasteiger partial charge in [-0.15, -0.1) is 0 Å². The molecule has 0 atom stereocenters. The van der Waals surface area contributed by atoms with Crippen molar-refractivity contribution in [1.29, 1.82) is 0 Å². The van der Waals surface area contributed by atoms with E-state index in [1.165, 1.54) is 5.56 Å². The van der Waals surface area contributed by atoms with Crippen LogP contribution in [0.1, 0.15) is 16.8 Å². The van der Waals surface area contributed by atoms with Gasteiger partial charge >= 0.3 is 0 Å². The van der Waals surface area contributed by atoms with Crippen LogP contribution in [0.3, 0.4) is 0 Å². The lowest BCUT2D eigenvalue weighted by molar-refractivity contribution is 0.281. The molecule has 0 bridgehead atoms. The molecule has 84 valence electrons. The summed E-state index contributed by atoms with van der Waals surface area (Å²) >= 11 is 1.69. The summed E-state index contributed by atoms with van der Waals surface area (Å²) in [6.07, 6.45) is 0. The first-order chi connectivity index (χ1) is 7.78. The summed E-state index contributed by atoms with van der Waals surface area (Å²) in [6, 6.07) is 5.84. The number of aryl methyl sites for hydroxylation is 1. The SMILES string of the molecule is Cc1cc(CO)cc(NCc2ccsc2)n1. The molecule has 0 saturated heterocycles. The normalized spacial score (nSPS) is 10.4. The number of hydrogen-bond donors (Lipinski definition) is 2. The Labute approximate surface area is 98.8 Å². The number of nitrogens with zero attached hydrogens (tertiary/aromatic N) is 1. The fourth-order valence-corrected chi connectivity index (χ4v) is 2.18. The van der Waals surface area contributed by atoms with Crippen LogP contribution in [0.15, 0.2) is 29.0 Å². The van der Waals surface area contributed by atoms with Crippen molar-refractivity contribution in [3.05, 3.63) is 45.8 Å². The minimum atomic E-state index is 0.0521. The van der Waals surface area contributed by atoms with Crippen LogP contribution >= 0.6 is 11.3 Å². The number of rotatable bonds is 4. The minimum Gasteiger partial charge on any atom is -0.392 e. The molecule has 3 nitrogen and oxygen atoms in total. The third-order valence-electron chi connectivity index (χ3n) is 2.25. The van der Waals surface area contributed by atoms with E-state index in [2.05, 4.69) is 27.1 Å². The number of hydrogen-bond acceptors (Lipinski definition) is 4. The first-order valence-electron chi connectivity index (χ1n) is 5.11. The van der Waals surface area contributed by atoms with Gasteiger partial charge in [-0.2, -0.15) is 11.3 Å². The average Bonchev–Trinajstić information content (AvgIpc) is 2.78. The highest BCUT2D eigenvalue weighted by Crippen LogP contribution is 2.12. The molecule has 2 N–H and O–H groups in total. The Hall–Kier alpha value is -1.39. The van der Waals surface area contributed by atoms with Gasteiger partial charge in [0.05, 0.1) is 6.61 Å². The molecule has 0 spiro atoms. The van der Waals surface area contributed by atoms with Gasteiger partial charge < -0.3 is 10.4 Å². The Bertz CT molecular complexity index is 454. The molecule has 2 heterocycles. The van der Waals surface area contributed by atoms with E-state index in [0.29, 0.717) is 0 Å². The molecule has 4 heteroatoms. The van der Waals surface area contributed by atoms with Crippen molar-refractivity contribution in [3.63, 3.8) is 0 Å². The number of aromatic nitrogens is 1. The van der Waals surface area contributed by atoms with Crippen molar-refractivity contribution in [3.8, 4) is 0 Å². The summed E-state index contributed by atoms with van der Waals surface area (Å²) in [6.45, 7) is 2.75. The highest BCUT2D eigenvalue weighted by molar-refractivity contribution is 7.07. The first kappa shape index (κ1) is 11.1. The summed E-state index contributed by atoms with van der Waals surface area (Å²) < 4.78 is 0. The predicted molar refractivity (Wildman–Crippen MR) is 66.5 cm³/mol. The zero-order chi connectivity index (χ0) is 11.4. The molecule has 2 aromatic heterocycles. The van der Waals surface area contributed by atoms with Gasteiger partial charge in [-0.3, -0.25) is 0 Å². The van der Waals surface area contributed by atoms with Crippen LogP contribution in [0.2, 0.25) is 0 Å². The van der Waals surface area contributed by atoms with Gasteiger partial charge in [-0.25, -0.2) is 4.98 Å². The third-order valence-corrected chi connectivity index (χ3v) is 2.98. The van der Waals surface area contributed by atoms with E-state index >= 15 is 0 Å². The number of aliphatic hydroxyl groups is 1. The van der Waals surface area contributed by atoms with Crippen LogP contribution in [0.5, 0.6) is 0 Å². The van der Waals surface area contributed by atoms with E-state index in [9.17, 15) is 0 Å². The van der Waals surface area contributed by atoms with Gasteiger partial charge in [0.2, 0.25) is 0 Å². The van der Waals surface area contributed by atoms with Gasteiger partial charge in [-0.1, -0.05) is 0 Å². The number of anilines is 1. The lowest BCUT2D eigenvalue weighted by Gasteiger charge is -2.07. The quantitative estimate of drug-likeness (QED) is 0.854. The second-order valence-electron chi connectivity index (χ2n) is 3.65. The molecular weight excluding hydrogens is 220 g/mol. The Morgan fingerprint density at radius 2 is 2.25 bits per heavy atom. The van der Waals surface area contributed by atoms with Gasteiger partial charge in [0.1, 0.15) is 5.82 Å². The molecule has 0 fully saturated rings. The summed E-state index contributed by atoms with van der Waals surface area (Å²) in [5, 5.41) is 16.5. The molecule has 0 aliphatic heterocycles. The Balaban J connectivity index is 2.06. The zero-order valence-corrected chi connectivity index (χ0v) is 9.92. The minimum absolute atomic E-state index is 0.0521. The second-order valence-corrected chi connectivity index (χ2v) is 4.43. The molecule has 2 aromatic rings. The fraction of sp³-hybridized carbons (Fsp3) is 0.250. The largest absolute Gasteiger partial charge is 0.392 e. The molecule has 0 aliphatic rings. The average molecular weight is 234 g/mol. The molecule has 0 unspecified atom stereocenters. The standard InChI is InChI=1S/C12H14N2OS/c1-9-4-11(7-15)5-12(14-9)13-6-10-2-3-16-8-10/h2-5,8,15H,6-7H2,1H3,(H,13,14). The van der Waals surface area contributed by atoms with Crippen molar-refractivity contribution in [2.45, 2.75) is 20.1 Å². The lowest BCUT2D eigenvalue weighted by atomic mass is 10.2. The van der Waals surface area contributed by atoms with Crippen LogP contribution in [-0.4, -0.2) is 10.1 Å². The fourth-order valence-electron chi connectivity index (χ4n) is 1.51. The summed E-state index contributed by atoms with van der Waals surface area (Å²) in [5.41, 5.74) is 3.05. The van der Waals surface area contributed by atoms with Crippen molar-refractivity contribution >= 4 is 17.2 Å². The monoisotopic (exact) mass is 234 g/mol. The second kappa shape index (κ2) is 5.09. The maximum Gasteiger partial charge on any atom is 0.126 e. The summed E-state index contributed by atoms with van der Waals surface area (Å²) in [5.74, 6) is 0.815. The van der Waals surface area contributed by atoms with Crippen molar-refractivity contribution < 1.29 is 5.11 Å². The van der Waals surface area contributed by atoms with Crippen LogP contribution < -0.4 is 5.32 Å². The maximum atomic E-state index is 9.08. The van der Waals surface area contributed by atoms with Gasteiger partial charge in [0, 0.05) is 12.2 Å². The Morgan fingerprint density at radius 3 is 2.94 bits per heavy atom. The van der Waals surface area contributed by atoms with Crippen molar-refractivity contribution in [2.24, 2.45) is 0 Å². The summed E-state index contributed by atoms with van der Waals surface area (Å²) in [4.78, 5) is 4.36. The van der Waals surface area contributed by atoms with Gasteiger partial charge in [0.25, 0.3) is 0 Å². The molecular formula is C12H14N2OS. The van der Waals surface area contributed by atoms with E-state index in [4.69, 9.17) is 5.11 Å². The Morgan fingerprint density at radius 1 is 1.38 bits per heavy atom. The Kier molecular flexibility index (Phi) is 3.54. The van der Waals surface area contributed by atoms with Crippen LogP contribution in [0, 0.1) is 6.92 Å². The number of nitrogens with one attached hydrogen (secondary N) is 1. The molecule has 0 saturated carbocycles. The van der Waals surface area contributed by atoms with E-state index < -0.39 is 0 Å². The number of aliphatic hydroxyl groups excluding tert-OH is 1. The predicted octanol–water partition coefficient (Wildman–Crippen LogP) is 2.56. The van der Waals surface area contributed by atoms with Crippen LogP contribution in [0.4, 0.5) is 5.82 Å². The first-order valence-corrected chi connectivity index (χ1v) is 6.05. The molecule has 16 heavy (non-hydrogen) atoms. The smallest absolute Gasteiger partial charge is 0.126 e.